The molecule has 2 amide bonds. The van der Waals surface area contributed by atoms with Gasteiger partial charge in [0.15, 0.2) is 0 Å². The number of anilines is 1. The first-order chi connectivity index (χ1) is 15.2. The van der Waals surface area contributed by atoms with Gasteiger partial charge in [0, 0.05) is 18.3 Å². The summed E-state index contributed by atoms with van der Waals surface area (Å²) < 4.78 is 40.7. The maximum Gasteiger partial charge on any atom is 0.329 e. The lowest BCUT2D eigenvalue weighted by atomic mass is 9.93. The molecule has 32 heavy (non-hydrogen) atoms. The van der Waals surface area contributed by atoms with Gasteiger partial charge in [0.1, 0.15) is 6.67 Å². The number of likely N-dealkylation sites (N-methyl/N-ethyl adjacent to an activating group) is 1. The SMILES string of the molecule is CNS(=O)(=O)c1cc(C#N)ccc1[C@@H]1C(C#N)=C(C)N(c2cccc(CF)c2)C(=O)N1C. The predicted molar refractivity (Wildman–Crippen MR) is 115 cm³/mol. The molecular weight excluding hydrogens is 433 g/mol. The number of hydrogen-bond acceptors (Lipinski definition) is 5. The molecule has 0 bridgehead atoms. The standard InChI is InChI=1S/C22H20FN5O3S/c1-14-19(13-25)21(18-8-7-16(12-24)10-20(18)32(30,31)26-2)27(3)22(29)28(14)17-6-4-5-15(9-17)11-23/h4-10,21,26H,11H2,1-3H3/t21-/m1/s1. The lowest BCUT2D eigenvalue weighted by Crippen LogP contribution is -2.48. The van der Waals surface area contributed by atoms with Gasteiger partial charge in [-0.1, -0.05) is 18.2 Å². The maximum absolute atomic E-state index is 13.3. The fourth-order valence-corrected chi connectivity index (χ4v) is 4.68. The summed E-state index contributed by atoms with van der Waals surface area (Å²) in [5.41, 5.74) is 1.52. The predicted octanol–water partition coefficient (Wildman–Crippen LogP) is 3.35. The molecule has 1 N–H and O–H groups in total. The summed E-state index contributed by atoms with van der Waals surface area (Å²) in [7, 11) is -1.31. The monoisotopic (exact) mass is 453 g/mol. The minimum absolute atomic E-state index is 0.122. The number of nitriles is 2. The first-order valence-corrected chi connectivity index (χ1v) is 11.0. The van der Waals surface area contributed by atoms with E-state index < -0.39 is 28.8 Å². The number of urea groups is 1. The molecule has 0 saturated carbocycles. The molecule has 1 heterocycles. The van der Waals surface area contributed by atoms with E-state index in [2.05, 4.69) is 10.8 Å². The number of halogens is 1. The van der Waals surface area contributed by atoms with Gasteiger partial charge in [-0.25, -0.2) is 22.3 Å². The summed E-state index contributed by atoms with van der Waals surface area (Å²) in [5.74, 6) is 0. The van der Waals surface area contributed by atoms with Crippen molar-refractivity contribution in [2.45, 2.75) is 24.5 Å². The third kappa shape index (κ3) is 3.82. The molecule has 1 atom stereocenters. The van der Waals surface area contributed by atoms with Crippen molar-refractivity contribution in [1.82, 2.24) is 9.62 Å². The van der Waals surface area contributed by atoms with Crippen LogP contribution in [0.15, 0.2) is 58.6 Å². The van der Waals surface area contributed by atoms with Gasteiger partial charge in [-0.3, -0.25) is 4.90 Å². The van der Waals surface area contributed by atoms with Gasteiger partial charge in [0.2, 0.25) is 10.0 Å². The van der Waals surface area contributed by atoms with Crippen molar-refractivity contribution in [3.8, 4) is 12.1 Å². The highest BCUT2D eigenvalue weighted by Crippen LogP contribution is 2.40. The zero-order valence-electron chi connectivity index (χ0n) is 17.6. The molecule has 0 unspecified atom stereocenters. The molecule has 0 aromatic heterocycles. The number of benzene rings is 2. The number of carbonyl (C=O) groups excluding carboxylic acids is 1. The average molecular weight is 453 g/mol. The Kier molecular flexibility index (Phi) is 6.30. The van der Waals surface area contributed by atoms with Crippen LogP contribution in [0.1, 0.15) is 29.7 Å². The quantitative estimate of drug-likeness (QED) is 0.745. The van der Waals surface area contributed by atoms with Gasteiger partial charge < -0.3 is 4.90 Å². The van der Waals surface area contributed by atoms with Crippen molar-refractivity contribution in [3.05, 3.63) is 70.4 Å². The number of hydrogen-bond donors (Lipinski definition) is 1. The number of nitrogens with zero attached hydrogens (tertiary/aromatic N) is 4. The van der Waals surface area contributed by atoms with Gasteiger partial charge >= 0.3 is 6.03 Å². The second-order valence-corrected chi connectivity index (χ2v) is 8.97. The Morgan fingerprint density at radius 2 is 1.88 bits per heavy atom. The number of rotatable bonds is 5. The van der Waals surface area contributed by atoms with Gasteiger partial charge in [0.05, 0.1) is 39.9 Å². The van der Waals surface area contributed by atoms with Gasteiger partial charge in [-0.05, 0) is 43.8 Å². The van der Waals surface area contributed by atoms with Crippen LogP contribution in [0, 0.1) is 22.7 Å². The Hall–Kier alpha value is -3.73. The topological polar surface area (TPSA) is 117 Å². The van der Waals surface area contributed by atoms with E-state index in [0.717, 1.165) is 0 Å². The number of alkyl halides is 1. The highest BCUT2D eigenvalue weighted by Gasteiger charge is 2.40. The minimum atomic E-state index is -4.00. The number of allylic oxidation sites excluding steroid dienone is 1. The molecule has 2 aromatic rings. The molecule has 0 radical (unpaired) electrons. The van der Waals surface area contributed by atoms with Crippen LogP contribution in [0.4, 0.5) is 14.9 Å². The summed E-state index contributed by atoms with van der Waals surface area (Å²) in [5, 5.41) is 19.2. The third-order valence-corrected chi connectivity index (χ3v) is 6.79. The Bertz CT molecular complexity index is 1310. The zero-order chi connectivity index (χ0) is 23.6. The minimum Gasteiger partial charge on any atom is -0.315 e. The van der Waals surface area contributed by atoms with Crippen molar-refractivity contribution in [2.24, 2.45) is 0 Å². The lowest BCUT2D eigenvalue weighted by Gasteiger charge is -2.40. The summed E-state index contributed by atoms with van der Waals surface area (Å²) in [6, 6.07) is 12.9. The zero-order valence-corrected chi connectivity index (χ0v) is 18.4. The first kappa shape index (κ1) is 22.9. The molecule has 164 valence electrons. The molecule has 2 aromatic carbocycles. The summed E-state index contributed by atoms with van der Waals surface area (Å²) in [6.07, 6.45) is 0. The molecule has 0 saturated heterocycles. The van der Waals surface area contributed by atoms with E-state index in [1.54, 1.807) is 25.1 Å². The Labute approximate surface area is 185 Å². The van der Waals surface area contributed by atoms with Crippen LogP contribution >= 0.6 is 0 Å². The van der Waals surface area contributed by atoms with Crippen LogP contribution < -0.4 is 9.62 Å². The van der Waals surface area contributed by atoms with Gasteiger partial charge in [-0.2, -0.15) is 10.5 Å². The normalized spacial score (nSPS) is 16.7. The smallest absolute Gasteiger partial charge is 0.315 e. The number of carbonyl (C=O) groups is 1. The van der Waals surface area contributed by atoms with E-state index in [9.17, 15) is 28.1 Å². The van der Waals surface area contributed by atoms with Crippen molar-refractivity contribution in [2.75, 3.05) is 19.0 Å². The molecular formula is C22H20FN5O3S. The average Bonchev–Trinajstić information content (AvgIpc) is 2.81. The summed E-state index contributed by atoms with van der Waals surface area (Å²) in [6.45, 7) is 0.868. The molecule has 10 heteroatoms. The summed E-state index contributed by atoms with van der Waals surface area (Å²) >= 11 is 0. The van der Waals surface area contributed by atoms with E-state index in [1.165, 1.54) is 48.2 Å². The Balaban J connectivity index is 2.27. The van der Waals surface area contributed by atoms with E-state index in [0.29, 0.717) is 16.9 Å². The molecule has 0 spiro atoms. The van der Waals surface area contributed by atoms with Gasteiger partial charge in [0.25, 0.3) is 0 Å². The van der Waals surface area contributed by atoms with Crippen molar-refractivity contribution < 1.29 is 17.6 Å². The van der Waals surface area contributed by atoms with E-state index in [1.807, 2.05) is 6.07 Å². The molecule has 1 aliphatic rings. The Morgan fingerprint density at radius 1 is 1.16 bits per heavy atom. The largest absolute Gasteiger partial charge is 0.329 e. The fraction of sp³-hybridized carbons (Fsp3) is 0.227. The van der Waals surface area contributed by atoms with E-state index >= 15 is 0 Å². The van der Waals surface area contributed by atoms with Crippen LogP contribution in [0.5, 0.6) is 0 Å². The number of nitrogens with one attached hydrogen (secondary N) is 1. The van der Waals surface area contributed by atoms with E-state index in [4.69, 9.17) is 0 Å². The molecule has 0 aliphatic carbocycles. The molecule has 1 aliphatic heterocycles. The van der Waals surface area contributed by atoms with Crippen molar-refractivity contribution in [3.63, 3.8) is 0 Å². The van der Waals surface area contributed by atoms with E-state index in [-0.39, 0.29) is 21.6 Å². The maximum atomic E-state index is 13.3. The van der Waals surface area contributed by atoms with Crippen molar-refractivity contribution >= 4 is 21.7 Å². The highest BCUT2D eigenvalue weighted by atomic mass is 32.2. The molecule has 0 fully saturated rings. The second kappa shape index (κ2) is 8.79. The molecule has 8 nitrogen and oxygen atoms in total. The van der Waals surface area contributed by atoms with Gasteiger partial charge in [-0.15, -0.1) is 0 Å². The third-order valence-electron chi connectivity index (χ3n) is 5.32. The molecule has 3 rings (SSSR count). The first-order valence-electron chi connectivity index (χ1n) is 9.50. The van der Waals surface area contributed by atoms with Crippen molar-refractivity contribution in [1.29, 1.82) is 10.5 Å². The van der Waals surface area contributed by atoms with Crippen LogP contribution in [-0.4, -0.2) is 33.4 Å². The fourth-order valence-electron chi connectivity index (χ4n) is 3.69. The summed E-state index contributed by atoms with van der Waals surface area (Å²) in [4.78, 5) is 15.7. The van der Waals surface area contributed by atoms with Crippen LogP contribution in [0.2, 0.25) is 0 Å². The van der Waals surface area contributed by atoms with Crippen LogP contribution in [0.25, 0.3) is 0 Å². The highest BCUT2D eigenvalue weighted by molar-refractivity contribution is 7.89. The number of sulfonamides is 1. The lowest BCUT2D eigenvalue weighted by molar-refractivity contribution is 0.202. The number of amides is 2. The van der Waals surface area contributed by atoms with Crippen LogP contribution in [0.3, 0.4) is 0 Å². The second-order valence-electron chi connectivity index (χ2n) is 7.12. The van der Waals surface area contributed by atoms with Crippen LogP contribution in [-0.2, 0) is 16.7 Å². The Morgan fingerprint density at radius 3 is 2.47 bits per heavy atom.